The summed E-state index contributed by atoms with van der Waals surface area (Å²) >= 11 is 3.97. The summed E-state index contributed by atoms with van der Waals surface area (Å²) in [6.45, 7) is -0.340. The molecule has 5 heteroatoms. The van der Waals surface area contributed by atoms with Crippen molar-refractivity contribution in [1.82, 2.24) is 9.78 Å². The van der Waals surface area contributed by atoms with Gasteiger partial charge in [0.25, 0.3) is 6.43 Å². The van der Waals surface area contributed by atoms with Gasteiger partial charge in [-0.3, -0.25) is 4.68 Å². The first-order valence-electron chi connectivity index (χ1n) is 3.12. The predicted molar refractivity (Wildman–Crippen MR) is 40.9 cm³/mol. The standard InChI is InChI=1S/C6H8F2N2S/c7-6(8)3-10-2-5(4-11)1-9-10/h1-2,6,11H,3-4H2. The highest BCUT2D eigenvalue weighted by atomic mass is 32.1. The van der Waals surface area contributed by atoms with E-state index < -0.39 is 6.43 Å². The van der Waals surface area contributed by atoms with Crippen molar-refractivity contribution in [3.05, 3.63) is 18.0 Å². The molecule has 0 unspecified atom stereocenters. The van der Waals surface area contributed by atoms with Crippen LogP contribution in [0.1, 0.15) is 5.56 Å². The summed E-state index contributed by atoms with van der Waals surface area (Å²) in [6, 6.07) is 0. The smallest absolute Gasteiger partial charge is 0.257 e. The summed E-state index contributed by atoms with van der Waals surface area (Å²) in [7, 11) is 0. The molecule has 1 heterocycles. The zero-order valence-corrected chi connectivity index (χ0v) is 6.64. The van der Waals surface area contributed by atoms with Crippen molar-refractivity contribution in [2.24, 2.45) is 0 Å². The van der Waals surface area contributed by atoms with Crippen LogP contribution in [0.3, 0.4) is 0 Å². The van der Waals surface area contributed by atoms with Crippen LogP contribution in [0.5, 0.6) is 0 Å². The van der Waals surface area contributed by atoms with E-state index in [-0.39, 0.29) is 6.54 Å². The molecule has 11 heavy (non-hydrogen) atoms. The Kier molecular flexibility index (Phi) is 2.87. The minimum atomic E-state index is -2.34. The molecule has 0 aliphatic heterocycles. The quantitative estimate of drug-likeness (QED) is 0.696. The Bertz CT molecular complexity index is 224. The average Bonchev–Trinajstić information content (AvgIpc) is 2.34. The zero-order valence-electron chi connectivity index (χ0n) is 5.74. The van der Waals surface area contributed by atoms with Gasteiger partial charge < -0.3 is 0 Å². The maximum absolute atomic E-state index is 11.8. The van der Waals surface area contributed by atoms with Gasteiger partial charge in [0, 0.05) is 11.9 Å². The number of nitrogens with zero attached hydrogens (tertiary/aromatic N) is 2. The van der Waals surface area contributed by atoms with Crippen LogP contribution in [-0.4, -0.2) is 16.2 Å². The summed E-state index contributed by atoms with van der Waals surface area (Å²) < 4.78 is 24.7. The van der Waals surface area contributed by atoms with Gasteiger partial charge in [0.05, 0.1) is 6.20 Å². The fourth-order valence-electron chi connectivity index (χ4n) is 0.729. The van der Waals surface area contributed by atoms with E-state index >= 15 is 0 Å². The van der Waals surface area contributed by atoms with Gasteiger partial charge in [-0.05, 0) is 5.56 Å². The summed E-state index contributed by atoms with van der Waals surface area (Å²) in [6.07, 6.45) is 0.761. The van der Waals surface area contributed by atoms with E-state index in [0.29, 0.717) is 5.75 Å². The molecule has 0 aromatic carbocycles. The lowest BCUT2D eigenvalue weighted by Gasteiger charge is -1.97. The molecule has 62 valence electrons. The Balaban J connectivity index is 2.58. The largest absolute Gasteiger partial charge is 0.267 e. The second-order valence-electron chi connectivity index (χ2n) is 2.12. The molecule has 0 radical (unpaired) electrons. The number of halogens is 2. The van der Waals surface area contributed by atoms with E-state index in [4.69, 9.17) is 0 Å². The van der Waals surface area contributed by atoms with Crippen molar-refractivity contribution in [3.8, 4) is 0 Å². The molecule has 0 saturated heterocycles. The van der Waals surface area contributed by atoms with Crippen molar-refractivity contribution < 1.29 is 8.78 Å². The normalized spacial score (nSPS) is 10.9. The van der Waals surface area contributed by atoms with Gasteiger partial charge in [-0.2, -0.15) is 17.7 Å². The first kappa shape index (κ1) is 8.52. The van der Waals surface area contributed by atoms with Crippen molar-refractivity contribution in [2.75, 3.05) is 0 Å². The first-order valence-corrected chi connectivity index (χ1v) is 3.76. The third-order valence-corrected chi connectivity index (χ3v) is 1.56. The molecule has 0 aliphatic carbocycles. The molecule has 0 bridgehead atoms. The highest BCUT2D eigenvalue weighted by molar-refractivity contribution is 7.79. The number of hydrogen-bond acceptors (Lipinski definition) is 2. The summed E-state index contributed by atoms with van der Waals surface area (Å²) in [4.78, 5) is 0. The number of aromatic nitrogens is 2. The molecular formula is C6H8F2N2S. The van der Waals surface area contributed by atoms with Gasteiger partial charge in [0.15, 0.2) is 0 Å². The summed E-state index contributed by atoms with van der Waals surface area (Å²) in [5.74, 6) is 0.531. The molecule has 1 aromatic rings. The molecule has 0 aliphatic rings. The van der Waals surface area contributed by atoms with Gasteiger partial charge in [-0.25, -0.2) is 8.78 Å². The molecule has 0 amide bonds. The van der Waals surface area contributed by atoms with Crippen LogP contribution >= 0.6 is 12.6 Å². The first-order chi connectivity index (χ1) is 5.22. The second-order valence-corrected chi connectivity index (χ2v) is 2.44. The van der Waals surface area contributed by atoms with Crippen LogP contribution in [0, 0.1) is 0 Å². The fraction of sp³-hybridized carbons (Fsp3) is 0.500. The van der Waals surface area contributed by atoms with Gasteiger partial charge >= 0.3 is 0 Å². The Hall–Kier alpha value is -0.580. The van der Waals surface area contributed by atoms with Crippen LogP contribution in [0.4, 0.5) is 8.78 Å². The molecule has 0 fully saturated rings. The third-order valence-electron chi connectivity index (χ3n) is 1.19. The Morgan fingerprint density at radius 1 is 1.64 bits per heavy atom. The topological polar surface area (TPSA) is 17.8 Å². The van der Waals surface area contributed by atoms with E-state index in [1.165, 1.54) is 10.9 Å². The lowest BCUT2D eigenvalue weighted by atomic mass is 10.4. The molecule has 2 nitrogen and oxygen atoms in total. The van der Waals surface area contributed by atoms with Crippen LogP contribution in [0.2, 0.25) is 0 Å². The van der Waals surface area contributed by atoms with Gasteiger partial charge in [0.1, 0.15) is 6.54 Å². The Labute approximate surface area is 68.6 Å². The van der Waals surface area contributed by atoms with Crippen LogP contribution < -0.4 is 0 Å². The van der Waals surface area contributed by atoms with E-state index in [1.807, 2.05) is 0 Å². The van der Waals surface area contributed by atoms with Crippen molar-refractivity contribution in [2.45, 2.75) is 18.7 Å². The maximum Gasteiger partial charge on any atom is 0.257 e. The van der Waals surface area contributed by atoms with Gasteiger partial charge in [-0.15, -0.1) is 0 Å². The highest BCUT2D eigenvalue weighted by Gasteiger charge is 2.04. The minimum absolute atomic E-state index is 0.340. The number of rotatable bonds is 3. The SMILES string of the molecule is FC(F)Cn1cc(CS)cn1. The second kappa shape index (κ2) is 3.71. The minimum Gasteiger partial charge on any atom is -0.267 e. The van der Waals surface area contributed by atoms with Crippen molar-refractivity contribution in [3.63, 3.8) is 0 Å². The fourth-order valence-corrected chi connectivity index (χ4v) is 0.893. The van der Waals surface area contributed by atoms with Crippen molar-refractivity contribution in [1.29, 1.82) is 0 Å². The number of hydrogen-bond donors (Lipinski definition) is 1. The molecular weight excluding hydrogens is 170 g/mol. The van der Waals surface area contributed by atoms with E-state index in [9.17, 15) is 8.78 Å². The van der Waals surface area contributed by atoms with Gasteiger partial charge in [-0.1, -0.05) is 0 Å². The van der Waals surface area contributed by atoms with Crippen LogP contribution in [0.15, 0.2) is 12.4 Å². The molecule has 1 aromatic heterocycles. The number of alkyl halides is 2. The number of thiol groups is 1. The Morgan fingerprint density at radius 3 is 2.82 bits per heavy atom. The highest BCUT2D eigenvalue weighted by Crippen LogP contribution is 2.03. The molecule has 0 saturated carbocycles. The zero-order chi connectivity index (χ0) is 8.27. The van der Waals surface area contributed by atoms with E-state index in [0.717, 1.165) is 5.56 Å². The monoisotopic (exact) mass is 178 g/mol. The molecule has 0 atom stereocenters. The summed E-state index contributed by atoms with van der Waals surface area (Å²) in [5.41, 5.74) is 0.856. The summed E-state index contributed by atoms with van der Waals surface area (Å²) in [5, 5.41) is 3.71. The molecule has 0 spiro atoms. The van der Waals surface area contributed by atoms with Crippen LogP contribution in [0.25, 0.3) is 0 Å². The molecule has 0 N–H and O–H groups in total. The van der Waals surface area contributed by atoms with Crippen molar-refractivity contribution >= 4 is 12.6 Å². The van der Waals surface area contributed by atoms with Crippen LogP contribution in [-0.2, 0) is 12.3 Å². The third kappa shape index (κ3) is 2.49. The van der Waals surface area contributed by atoms with Gasteiger partial charge in [0.2, 0.25) is 0 Å². The lowest BCUT2D eigenvalue weighted by Crippen LogP contribution is -2.06. The lowest BCUT2D eigenvalue weighted by molar-refractivity contribution is 0.122. The maximum atomic E-state index is 11.8. The van der Waals surface area contributed by atoms with E-state index in [2.05, 4.69) is 17.7 Å². The van der Waals surface area contributed by atoms with E-state index in [1.54, 1.807) is 6.20 Å². The Morgan fingerprint density at radius 2 is 2.36 bits per heavy atom. The predicted octanol–water partition coefficient (Wildman–Crippen LogP) is 1.58. The average molecular weight is 178 g/mol. The molecule has 1 rings (SSSR count).